The molecule has 0 heterocycles. The van der Waals surface area contributed by atoms with Gasteiger partial charge in [-0.3, -0.25) is 4.79 Å². The van der Waals surface area contributed by atoms with Crippen LogP contribution in [0.5, 0.6) is 5.75 Å². The maximum Gasteiger partial charge on any atom is 0.140 e. The van der Waals surface area contributed by atoms with E-state index in [2.05, 4.69) is 26.0 Å². The Kier molecular flexibility index (Phi) is 9.07. The van der Waals surface area contributed by atoms with Gasteiger partial charge in [-0.25, -0.2) is 0 Å². The van der Waals surface area contributed by atoms with Crippen LogP contribution in [0.15, 0.2) is 24.3 Å². The highest BCUT2D eigenvalue weighted by Crippen LogP contribution is 2.35. The molecule has 0 amide bonds. The van der Waals surface area contributed by atoms with E-state index in [9.17, 15) is 4.79 Å². The maximum atomic E-state index is 12.5. The number of benzene rings is 1. The molecule has 0 bridgehead atoms. The summed E-state index contributed by atoms with van der Waals surface area (Å²) in [7, 11) is 0. The summed E-state index contributed by atoms with van der Waals surface area (Å²) >= 11 is 0. The lowest BCUT2D eigenvalue weighted by molar-refractivity contribution is -0.123. The minimum absolute atomic E-state index is 0.112. The molecular weight excluding hydrogens is 308 g/mol. The molecule has 1 aromatic rings. The topological polar surface area (TPSA) is 26.3 Å². The summed E-state index contributed by atoms with van der Waals surface area (Å²) in [5.41, 5.74) is 1.17. The molecule has 1 saturated carbocycles. The van der Waals surface area contributed by atoms with Gasteiger partial charge in [-0.1, -0.05) is 70.9 Å². The third-order valence-electron chi connectivity index (χ3n) is 5.49. The highest BCUT2D eigenvalue weighted by molar-refractivity contribution is 5.86. The Labute approximate surface area is 154 Å². The van der Waals surface area contributed by atoms with E-state index in [1.54, 1.807) is 0 Å². The second kappa shape index (κ2) is 11.3. The lowest BCUT2D eigenvalue weighted by Gasteiger charge is -2.27. The molecule has 1 aromatic carbocycles. The number of unbranched alkanes of at least 4 members (excludes halogenated alkanes) is 5. The van der Waals surface area contributed by atoms with Gasteiger partial charge >= 0.3 is 0 Å². The molecule has 2 rings (SSSR count). The summed E-state index contributed by atoms with van der Waals surface area (Å²) < 4.78 is 5.85. The number of hydrogen-bond acceptors (Lipinski definition) is 2. The highest BCUT2D eigenvalue weighted by atomic mass is 16.5. The number of carbonyl (C=O) groups is 1. The quantitative estimate of drug-likeness (QED) is 0.419. The zero-order valence-corrected chi connectivity index (χ0v) is 16.3. The molecule has 0 aliphatic heterocycles. The molecule has 140 valence electrons. The number of Topliss-reactive ketones (excluding diaryl/α,β-unsaturated/α-hetero) is 1. The molecule has 0 saturated heterocycles. The second-order valence-corrected chi connectivity index (χ2v) is 7.64. The molecule has 0 N–H and O–H groups in total. The molecule has 0 spiro atoms. The molecule has 25 heavy (non-hydrogen) atoms. The van der Waals surface area contributed by atoms with Gasteiger partial charge in [0.15, 0.2) is 0 Å². The average Bonchev–Trinajstić information content (AvgIpc) is 2.62. The fraction of sp³-hybridized carbons (Fsp3) is 0.696. The van der Waals surface area contributed by atoms with E-state index < -0.39 is 0 Å². The average molecular weight is 345 g/mol. The summed E-state index contributed by atoms with van der Waals surface area (Å²) in [5, 5.41) is 0. The van der Waals surface area contributed by atoms with Gasteiger partial charge in [-0.2, -0.15) is 0 Å². The van der Waals surface area contributed by atoms with E-state index >= 15 is 0 Å². The van der Waals surface area contributed by atoms with Crippen molar-refractivity contribution in [3.05, 3.63) is 29.8 Å². The Balaban J connectivity index is 1.72. The van der Waals surface area contributed by atoms with E-state index in [0.717, 1.165) is 31.6 Å². The molecule has 0 aromatic heterocycles. The van der Waals surface area contributed by atoms with Crippen molar-refractivity contribution in [2.75, 3.05) is 6.61 Å². The Hall–Kier alpha value is -1.31. The SMILES string of the molecule is CCCCCCCCOc1ccc(C2CCC(CCC)CC2=O)cc1. The smallest absolute Gasteiger partial charge is 0.140 e. The molecule has 1 fully saturated rings. The summed E-state index contributed by atoms with van der Waals surface area (Å²) in [4.78, 5) is 12.5. The van der Waals surface area contributed by atoms with Gasteiger partial charge in [0.25, 0.3) is 0 Å². The van der Waals surface area contributed by atoms with E-state index in [1.165, 1.54) is 56.9 Å². The van der Waals surface area contributed by atoms with Crippen LogP contribution in [-0.2, 0) is 4.79 Å². The van der Waals surface area contributed by atoms with Crippen molar-refractivity contribution >= 4 is 5.78 Å². The van der Waals surface area contributed by atoms with Gasteiger partial charge in [-0.05, 0) is 42.9 Å². The van der Waals surface area contributed by atoms with Crippen LogP contribution in [0.4, 0.5) is 0 Å². The van der Waals surface area contributed by atoms with Crippen molar-refractivity contribution in [1.82, 2.24) is 0 Å². The summed E-state index contributed by atoms with van der Waals surface area (Å²) in [6, 6.07) is 8.27. The van der Waals surface area contributed by atoms with Crippen LogP contribution in [0.3, 0.4) is 0 Å². The lowest BCUT2D eigenvalue weighted by atomic mass is 9.76. The van der Waals surface area contributed by atoms with E-state index in [1.807, 2.05) is 12.1 Å². The maximum absolute atomic E-state index is 12.5. The van der Waals surface area contributed by atoms with E-state index in [0.29, 0.717) is 11.7 Å². The van der Waals surface area contributed by atoms with Gasteiger partial charge in [-0.15, -0.1) is 0 Å². The van der Waals surface area contributed by atoms with Crippen LogP contribution >= 0.6 is 0 Å². The highest BCUT2D eigenvalue weighted by Gasteiger charge is 2.29. The van der Waals surface area contributed by atoms with Crippen LogP contribution in [-0.4, -0.2) is 12.4 Å². The number of hydrogen-bond donors (Lipinski definition) is 0. The largest absolute Gasteiger partial charge is 0.494 e. The van der Waals surface area contributed by atoms with Gasteiger partial charge in [0, 0.05) is 12.3 Å². The third kappa shape index (κ3) is 6.84. The van der Waals surface area contributed by atoms with Crippen LogP contribution in [0.25, 0.3) is 0 Å². The Bertz CT molecular complexity index is 491. The van der Waals surface area contributed by atoms with E-state index in [4.69, 9.17) is 4.74 Å². The first-order valence-corrected chi connectivity index (χ1v) is 10.5. The normalized spacial score (nSPS) is 20.6. The lowest BCUT2D eigenvalue weighted by Crippen LogP contribution is -2.23. The van der Waals surface area contributed by atoms with Gasteiger partial charge in [0.2, 0.25) is 0 Å². The molecule has 2 unspecified atom stereocenters. The minimum atomic E-state index is 0.112. The number of rotatable bonds is 11. The number of ether oxygens (including phenoxy) is 1. The van der Waals surface area contributed by atoms with Crippen molar-refractivity contribution in [2.24, 2.45) is 5.92 Å². The van der Waals surface area contributed by atoms with Crippen molar-refractivity contribution in [3.8, 4) is 5.75 Å². The molecule has 0 radical (unpaired) electrons. The molecular formula is C23H36O2. The fourth-order valence-corrected chi connectivity index (χ4v) is 3.97. The van der Waals surface area contributed by atoms with Crippen molar-refractivity contribution < 1.29 is 9.53 Å². The first-order chi connectivity index (χ1) is 12.2. The molecule has 1 aliphatic rings. The fourth-order valence-electron chi connectivity index (χ4n) is 3.97. The van der Waals surface area contributed by atoms with Gasteiger partial charge in [0.1, 0.15) is 11.5 Å². The Morgan fingerprint density at radius 1 is 0.920 bits per heavy atom. The molecule has 2 nitrogen and oxygen atoms in total. The van der Waals surface area contributed by atoms with E-state index in [-0.39, 0.29) is 5.92 Å². The standard InChI is InChI=1S/C23H36O2/c1-3-5-6-7-8-9-17-25-21-14-12-20(13-15-21)22-16-11-19(10-4-2)18-23(22)24/h12-15,19,22H,3-11,16-18H2,1-2H3. The predicted molar refractivity (Wildman–Crippen MR) is 105 cm³/mol. The summed E-state index contributed by atoms with van der Waals surface area (Å²) in [5.74, 6) is 2.10. The van der Waals surface area contributed by atoms with Crippen molar-refractivity contribution in [1.29, 1.82) is 0 Å². The summed E-state index contributed by atoms with van der Waals surface area (Å²) in [6.45, 7) is 5.25. The van der Waals surface area contributed by atoms with Crippen molar-refractivity contribution in [2.45, 2.75) is 90.4 Å². The minimum Gasteiger partial charge on any atom is -0.494 e. The first kappa shape index (κ1) is 20.0. The van der Waals surface area contributed by atoms with Crippen LogP contribution in [0.2, 0.25) is 0 Å². The van der Waals surface area contributed by atoms with Gasteiger partial charge in [0.05, 0.1) is 6.61 Å². The Morgan fingerprint density at radius 3 is 2.32 bits per heavy atom. The predicted octanol–water partition coefficient (Wildman–Crippen LogP) is 6.68. The zero-order chi connectivity index (χ0) is 17.9. The van der Waals surface area contributed by atoms with Gasteiger partial charge < -0.3 is 4.74 Å². The van der Waals surface area contributed by atoms with Crippen molar-refractivity contribution in [3.63, 3.8) is 0 Å². The van der Waals surface area contributed by atoms with Crippen LogP contribution in [0.1, 0.15) is 96.0 Å². The monoisotopic (exact) mass is 344 g/mol. The van der Waals surface area contributed by atoms with Crippen LogP contribution < -0.4 is 4.74 Å². The summed E-state index contributed by atoms with van der Waals surface area (Å²) in [6.07, 6.45) is 13.1. The first-order valence-electron chi connectivity index (χ1n) is 10.5. The number of ketones is 1. The molecule has 2 atom stereocenters. The van der Waals surface area contributed by atoms with Crippen LogP contribution in [0, 0.1) is 5.92 Å². The Morgan fingerprint density at radius 2 is 1.64 bits per heavy atom. The number of carbonyl (C=O) groups excluding carboxylic acids is 1. The molecule has 1 aliphatic carbocycles. The molecule has 2 heteroatoms. The zero-order valence-electron chi connectivity index (χ0n) is 16.3. The second-order valence-electron chi connectivity index (χ2n) is 7.64. The third-order valence-corrected chi connectivity index (χ3v) is 5.49.